The molecule has 0 atom stereocenters. The maximum atomic E-state index is 14.7. The number of alkyl halides is 1. The molecule has 1 amide bonds. The lowest BCUT2D eigenvalue weighted by atomic mass is 9.92. The Hall–Kier alpha value is -1.62. The number of halogens is 1. The van der Waals surface area contributed by atoms with Crippen molar-refractivity contribution in [2.24, 2.45) is 0 Å². The summed E-state index contributed by atoms with van der Waals surface area (Å²) in [5.41, 5.74) is -0.541. The number of ether oxygens (including phenoxy) is 1. The van der Waals surface area contributed by atoms with E-state index in [2.05, 4.69) is 10.2 Å². The van der Waals surface area contributed by atoms with Gasteiger partial charge in [-0.2, -0.15) is 0 Å². The Balaban J connectivity index is 1.53. The van der Waals surface area contributed by atoms with E-state index in [1.807, 2.05) is 24.3 Å². The van der Waals surface area contributed by atoms with E-state index < -0.39 is 11.6 Å². The van der Waals surface area contributed by atoms with Gasteiger partial charge in [0.25, 0.3) is 5.91 Å². The molecule has 0 radical (unpaired) electrons. The second kappa shape index (κ2) is 6.24. The molecule has 1 N–H and O–H groups in total. The molecule has 1 saturated heterocycles. The summed E-state index contributed by atoms with van der Waals surface area (Å²) in [6.45, 7) is 1.97. The minimum Gasteiger partial charge on any atom is -0.497 e. The van der Waals surface area contributed by atoms with Crippen LogP contribution in [0, 0.1) is 0 Å². The molecule has 1 heterocycles. The van der Waals surface area contributed by atoms with Crippen LogP contribution in [0.4, 0.5) is 4.39 Å². The van der Waals surface area contributed by atoms with Crippen molar-refractivity contribution in [3.8, 4) is 5.75 Å². The molecular formula is C17H23FN2O2. The zero-order valence-corrected chi connectivity index (χ0v) is 13.0. The molecule has 0 bridgehead atoms. The Labute approximate surface area is 130 Å². The topological polar surface area (TPSA) is 41.6 Å². The molecule has 1 aromatic carbocycles. The number of hydrogen-bond donors (Lipinski definition) is 1. The molecule has 0 spiro atoms. The first-order valence-corrected chi connectivity index (χ1v) is 7.94. The van der Waals surface area contributed by atoms with Crippen LogP contribution in [-0.2, 0) is 11.3 Å². The molecule has 2 aliphatic rings. The number of likely N-dealkylation sites (tertiary alicyclic amines) is 1. The maximum Gasteiger partial charge on any atom is 0.257 e. The molecule has 5 heteroatoms. The second-order valence-corrected chi connectivity index (χ2v) is 6.34. The van der Waals surface area contributed by atoms with Gasteiger partial charge in [-0.05, 0) is 30.5 Å². The average Bonchev–Trinajstić information content (AvgIpc) is 3.34. The smallest absolute Gasteiger partial charge is 0.257 e. The number of nitrogens with zero attached hydrogens (tertiary/aromatic N) is 1. The van der Waals surface area contributed by atoms with Gasteiger partial charge in [0.2, 0.25) is 0 Å². The second-order valence-electron chi connectivity index (χ2n) is 6.34. The Morgan fingerprint density at radius 2 is 2.14 bits per heavy atom. The predicted octanol–water partition coefficient (Wildman–Crippen LogP) is 2.28. The van der Waals surface area contributed by atoms with E-state index in [4.69, 9.17) is 4.74 Å². The monoisotopic (exact) mass is 306 g/mol. The fourth-order valence-electron chi connectivity index (χ4n) is 2.86. The lowest BCUT2D eigenvalue weighted by Gasteiger charge is -2.35. The number of piperidine rings is 1. The van der Waals surface area contributed by atoms with E-state index in [0.29, 0.717) is 13.1 Å². The lowest BCUT2D eigenvalue weighted by Crippen LogP contribution is -2.51. The van der Waals surface area contributed by atoms with Gasteiger partial charge in [-0.15, -0.1) is 0 Å². The Morgan fingerprint density at radius 1 is 1.41 bits per heavy atom. The molecule has 1 aliphatic carbocycles. The van der Waals surface area contributed by atoms with E-state index in [1.54, 1.807) is 7.11 Å². The number of rotatable bonds is 5. The van der Waals surface area contributed by atoms with Crippen LogP contribution in [0.1, 0.15) is 31.2 Å². The average molecular weight is 306 g/mol. The Kier molecular flexibility index (Phi) is 4.34. The quantitative estimate of drug-likeness (QED) is 0.907. The molecule has 1 aromatic rings. The van der Waals surface area contributed by atoms with Crippen LogP contribution in [-0.4, -0.2) is 42.7 Å². The molecular weight excluding hydrogens is 283 g/mol. The van der Waals surface area contributed by atoms with Crippen molar-refractivity contribution < 1.29 is 13.9 Å². The fraction of sp³-hybridized carbons (Fsp3) is 0.588. The Bertz CT molecular complexity index is 537. The summed E-state index contributed by atoms with van der Waals surface area (Å²) in [5.74, 6) is 0.425. The molecule has 1 saturated carbocycles. The van der Waals surface area contributed by atoms with Crippen LogP contribution in [0.25, 0.3) is 0 Å². The number of amides is 1. The third-order valence-electron chi connectivity index (χ3n) is 4.51. The summed E-state index contributed by atoms with van der Waals surface area (Å²) in [7, 11) is 1.65. The van der Waals surface area contributed by atoms with Gasteiger partial charge in [0.1, 0.15) is 5.75 Å². The molecule has 0 aromatic heterocycles. The fourth-order valence-corrected chi connectivity index (χ4v) is 2.86. The summed E-state index contributed by atoms with van der Waals surface area (Å²) in [5, 5.41) is 2.79. The van der Waals surface area contributed by atoms with E-state index in [9.17, 15) is 9.18 Å². The standard InChI is InChI=1S/C17H23FN2O2/c1-22-15-4-2-3-13(11-15)12-20-9-7-17(18,8-10-20)16(21)19-14-5-6-14/h2-4,11,14H,5-10,12H2,1H3,(H,19,21). The van der Waals surface area contributed by atoms with E-state index >= 15 is 0 Å². The zero-order chi connectivity index (χ0) is 15.6. The molecule has 0 unspecified atom stereocenters. The van der Waals surface area contributed by atoms with E-state index in [0.717, 1.165) is 30.7 Å². The van der Waals surface area contributed by atoms with Crippen molar-refractivity contribution in [2.45, 2.75) is 43.9 Å². The summed E-state index contributed by atoms with van der Waals surface area (Å²) >= 11 is 0. The number of nitrogens with one attached hydrogen (secondary N) is 1. The molecule has 120 valence electrons. The minimum atomic E-state index is -1.69. The van der Waals surface area contributed by atoms with Crippen molar-refractivity contribution in [1.82, 2.24) is 10.2 Å². The minimum absolute atomic E-state index is 0.218. The molecule has 4 nitrogen and oxygen atoms in total. The maximum absolute atomic E-state index is 14.7. The predicted molar refractivity (Wildman–Crippen MR) is 82.5 cm³/mol. The number of benzene rings is 1. The van der Waals surface area contributed by atoms with E-state index in [-0.39, 0.29) is 18.9 Å². The number of carbonyl (C=O) groups is 1. The SMILES string of the molecule is COc1cccc(CN2CCC(F)(C(=O)NC3CC3)CC2)c1. The highest BCUT2D eigenvalue weighted by Gasteiger charge is 2.43. The number of methoxy groups -OCH3 is 1. The normalized spacial score (nSPS) is 21.4. The molecule has 3 rings (SSSR count). The van der Waals surface area contributed by atoms with Crippen molar-refractivity contribution >= 4 is 5.91 Å². The van der Waals surface area contributed by atoms with Crippen LogP contribution in [0.5, 0.6) is 5.75 Å². The summed E-state index contributed by atoms with van der Waals surface area (Å²) in [4.78, 5) is 14.2. The van der Waals surface area contributed by atoms with Gasteiger partial charge < -0.3 is 10.1 Å². The first-order chi connectivity index (χ1) is 10.6. The molecule has 22 heavy (non-hydrogen) atoms. The third-order valence-corrected chi connectivity index (χ3v) is 4.51. The van der Waals surface area contributed by atoms with Gasteiger partial charge in [0.15, 0.2) is 5.67 Å². The number of carbonyl (C=O) groups excluding carboxylic acids is 1. The van der Waals surface area contributed by atoms with Crippen LogP contribution >= 0.6 is 0 Å². The van der Waals surface area contributed by atoms with Crippen LogP contribution in [0.15, 0.2) is 24.3 Å². The van der Waals surface area contributed by atoms with Crippen molar-refractivity contribution in [2.75, 3.05) is 20.2 Å². The van der Waals surface area contributed by atoms with Gasteiger partial charge in [0.05, 0.1) is 7.11 Å². The van der Waals surface area contributed by atoms with Crippen LogP contribution in [0.2, 0.25) is 0 Å². The molecule has 1 aliphatic heterocycles. The first kappa shape index (κ1) is 15.3. The summed E-state index contributed by atoms with van der Waals surface area (Å²) < 4.78 is 19.9. The van der Waals surface area contributed by atoms with Crippen LogP contribution in [0.3, 0.4) is 0 Å². The van der Waals surface area contributed by atoms with E-state index in [1.165, 1.54) is 0 Å². The Morgan fingerprint density at radius 3 is 2.77 bits per heavy atom. The van der Waals surface area contributed by atoms with Crippen molar-refractivity contribution in [1.29, 1.82) is 0 Å². The largest absolute Gasteiger partial charge is 0.497 e. The summed E-state index contributed by atoms with van der Waals surface area (Å²) in [6, 6.07) is 8.13. The van der Waals surface area contributed by atoms with Crippen LogP contribution < -0.4 is 10.1 Å². The van der Waals surface area contributed by atoms with Gasteiger partial charge in [-0.3, -0.25) is 9.69 Å². The highest BCUT2D eigenvalue weighted by Crippen LogP contribution is 2.30. The highest BCUT2D eigenvalue weighted by molar-refractivity contribution is 5.85. The van der Waals surface area contributed by atoms with Gasteiger partial charge in [-0.25, -0.2) is 4.39 Å². The lowest BCUT2D eigenvalue weighted by molar-refractivity contribution is -0.136. The molecule has 2 fully saturated rings. The summed E-state index contributed by atoms with van der Waals surface area (Å²) in [6.07, 6.45) is 2.53. The van der Waals surface area contributed by atoms with Crippen molar-refractivity contribution in [3.05, 3.63) is 29.8 Å². The van der Waals surface area contributed by atoms with Gasteiger partial charge in [-0.1, -0.05) is 12.1 Å². The highest BCUT2D eigenvalue weighted by atomic mass is 19.1. The zero-order valence-electron chi connectivity index (χ0n) is 13.0. The number of hydrogen-bond acceptors (Lipinski definition) is 3. The van der Waals surface area contributed by atoms with Crippen molar-refractivity contribution in [3.63, 3.8) is 0 Å². The first-order valence-electron chi connectivity index (χ1n) is 7.94. The van der Waals surface area contributed by atoms with Gasteiger partial charge in [0, 0.05) is 38.5 Å². The third kappa shape index (κ3) is 3.58. The van der Waals surface area contributed by atoms with Gasteiger partial charge >= 0.3 is 0 Å².